The largest absolute Gasteiger partial charge is 0.573 e. The van der Waals surface area contributed by atoms with Gasteiger partial charge in [-0.1, -0.05) is 6.07 Å². The summed E-state index contributed by atoms with van der Waals surface area (Å²) in [6.45, 7) is 1.49. The predicted molar refractivity (Wildman–Crippen MR) is 122 cm³/mol. The van der Waals surface area contributed by atoms with Gasteiger partial charge in [0.2, 0.25) is 0 Å². The minimum Gasteiger partial charge on any atom is -0.406 e. The van der Waals surface area contributed by atoms with E-state index in [1.807, 2.05) is 0 Å². The Morgan fingerprint density at radius 2 is 1.81 bits per heavy atom. The molecule has 0 radical (unpaired) electrons. The molecule has 1 fully saturated rings. The number of alkyl halides is 3. The van der Waals surface area contributed by atoms with E-state index in [2.05, 4.69) is 25.3 Å². The maximum atomic E-state index is 13.1. The van der Waals surface area contributed by atoms with E-state index in [9.17, 15) is 27.6 Å². The maximum Gasteiger partial charge on any atom is 0.573 e. The molecule has 2 aromatic heterocycles. The third-order valence-electron chi connectivity index (χ3n) is 5.22. The number of benzene rings is 1. The molecule has 3 aromatic rings. The van der Waals surface area contributed by atoms with E-state index in [-0.39, 0.29) is 12.2 Å². The zero-order chi connectivity index (χ0) is 25.9. The Labute approximate surface area is 202 Å². The Morgan fingerprint density at radius 1 is 1.06 bits per heavy atom. The number of nitrogens with one attached hydrogen (secondary N) is 2. The van der Waals surface area contributed by atoms with E-state index in [0.717, 1.165) is 17.0 Å². The number of carbonyl (C=O) groups is 3. The number of nitrogens with zero attached hydrogens (tertiary/aromatic N) is 4. The van der Waals surface area contributed by atoms with Gasteiger partial charge in [-0.25, -0.2) is 19.5 Å². The molecule has 0 saturated carbocycles. The van der Waals surface area contributed by atoms with E-state index in [1.165, 1.54) is 42.5 Å². The van der Waals surface area contributed by atoms with Crippen molar-refractivity contribution < 1.29 is 32.3 Å². The summed E-state index contributed by atoms with van der Waals surface area (Å²) in [6, 6.07) is 8.90. The van der Waals surface area contributed by atoms with E-state index >= 15 is 0 Å². The van der Waals surface area contributed by atoms with E-state index in [4.69, 9.17) is 0 Å². The fourth-order valence-corrected chi connectivity index (χ4v) is 3.51. The summed E-state index contributed by atoms with van der Waals surface area (Å²) in [5, 5.41) is 5.22. The van der Waals surface area contributed by atoms with Crippen molar-refractivity contribution in [3.05, 3.63) is 72.7 Å². The van der Waals surface area contributed by atoms with E-state index < -0.39 is 36.1 Å². The maximum absolute atomic E-state index is 13.1. The number of anilines is 3. The lowest BCUT2D eigenvalue weighted by Crippen LogP contribution is -2.34. The Balaban J connectivity index is 1.49. The van der Waals surface area contributed by atoms with Crippen LogP contribution >= 0.6 is 0 Å². The molecule has 2 N–H and O–H groups in total. The first-order chi connectivity index (χ1) is 17.1. The number of rotatable bonds is 6. The molecule has 0 aliphatic carbocycles. The SMILES string of the molecule is CC1C(=O)N(c2ccc(OC(F)(F)F)cc2)C(=O)N1Cc1ccncc1NC(=O)Nc1ccccn1. The average molecular weight is 500 g/mol. The van der Waals surface area contributed by atoms with Crippen LogP contribution in [0.4, 0.5) is 40.0 Å². The van der Waals surface area contributed by atoms with Crippen LogP contribution in [0.3, 0.4) is 0 Å². The molecule has 1 saturated heterocycles. The minimum absolute atomic E-state index is 0.0424. The molecule has 1 aromatic carbocycles. The van der Waals surface area contributed by atoms with Crippen molar-refractivity contribution in [2.24, 2.45) is 0 Å². The van der Waals surface area contributed by atoms with Crippen molar-refractivity contribution in [3.63, 3.8) is 0 Å². The first-order valence-electron chi connectivity index (χ1n) is 10.5. The molecule has 4 rings (SSSR count). The van der Waals surface area contributed by atoms with Gasteiger partial charge >= 0.3 is 18.4 Å². The first-order valence-corrected chi connectivity index (χ1v) is 10.5. The normalized spacial score (nSPS) is 15.7. The summed E-state index contributed by atoms with van der Waals surface area (Å²) < 4.78 is 41.1. The molecule has 10 nitrogen and oxygen atoms in total. The first kappa shape index (κ1) is 24.4. The van der Waals surface area contributed by atoms with Gasteiger partial charge in [0, 0.05) is 12.4 Å². The topological polar surface area (TPSA) is 117 Å². The highest BCUT2D eigenvalue weighted by Crippen LogP contribution is 2.30. The molecule has 5 amide bonds. The zero-order valence-corrected chi connectivity index (χ0v) is 18.7. The monoisotopic (exact) mass is 500 g/mol. The van der Waals surface area contributed by atoms with Gasteiger partial charge in [0.1, 0.15) is 17.6 Å². The summed E-state index contributed by atoms with van der Waals surface area (Å²) in [5.41, 5.74) is 0.909. The highest BCUT2D eigenvalue weighted by Gasteiger charge is 2.43. The molecule has 186 valence electrons. The Kier molecular flexibility index (Phi) is 6.72. The minimum atomic E-state index is -4.86. The quantitative estimate of drug-likeness (QED) is 0.486. The standard InChI is InChI=1S/C23H19F3N6O4/c1-14-20(33)32(16-5-7-17(8-6-16)36-23(24,25)26)22(35)31(14)13-15-9-11-27-12-18(15)29-21(34)30-19-4-2-3-10-28-19/h2-12,14H,13H2,1H3,(H2,28,29,30,34). The summed E-state index contributed by atoms with van der Waals surface area (Å²) >= 11 is 0. The summed E-state index contributed by atoms with van der Waals surface area (Å²) in [6.07, 6.45) is -0.471. The second kappa shape index (κ2) is 9.90. The van der Waals surface area contributed by atoms with Gasteiger partial charge in [-0.2, -0.15) is 0 Å². The molecular weight excluding hydrogens is 481 g/mol. The van der Waals surface area contributed by atoms with E-state index in [0.29, 0.717) is 17.1 Å². The summed E-state index contributed by atoms with van der Waals surface area (Å²) in [4.78, 5) is 48.5. The van der Waals surface area contributed by atoms with Crippen molar-refractivity contribution in [2.45, 2.75) is 25.9 Å². The van der Waals surface area contributed by atoms with Crippen LogP contribution in [0.1, 0.15) is 12.5 Å². The highest BCUT2D eigenvalue weighted by molar-refractivity contribution is 6.21. The lowest BCUT2D eigenvalue weighted by Gasteiger charge is -2.21. The van der Waals surface area contributed by atoms with Crippen LogP contribution in [0.25, 0.3) is 0 Å². The van der Waals surface area contributed by atoms with Crippen LogP contribution in [0, 0.1) is 0 Å². The van der Waals surface area contributed by atoms with Gasteiger partial charge in [-0.3, -0.25) is 15.1 Å². The molecule has 0 spiro atoms. The number of pyridine rings is 2. The number of halogens is 3. The number of aromatic nitrogens is 2. The van der Waals surface area contributed by atoms with Crippen molar-refractivity contribution in [1.82, 2.24) is 14.9 Å². The fourth-order valence-electron chi connectivity index (χ4n) is 3.51. The van der Waals surface area contributed by atoms with Gasteiger partial charge < -0.3 is 15.0 Å². The number of ether oxygens (including phenoxy) is 1. The van der Waals surface area contributed by atoms with Crippen molar-refractivity contribution in [1.29, 1.82) is 0 Å². The average Bonchev–Trinajstić information content (AvgIpc) is 3.03. The molecule has 1 unspecified atom stereocenters. The lowest BCUT2D eigenvalue weighted by atomic mass is 10.2. The van der Waals surface area contributed by atoms with Crippen LogP contribution in [0.5, 0.6) is 5.75 Å². The smallest absolute Gasteiger partial charge is 0.406 e. The van der Waals surface area contributed by atoms with Gasteiger partial charge in [0.25, 0.3) is 5.91 Å². The van der Waals surface area contributed by atoms with Gasteiger partial charge in [-0.05, 0) is 55.0 Å². The highest BCUT2D eigenvalue weighted by atomic mass is 19.4. The molecule has 13 heteroatoms. The van der Waals surface area contributed by atoms with Gasteiger partial charge in [0.05, 0.1) is 24.1 Å². The van der Waals surface area contributed by atoms with Crippen LogP contribution in [0.2, 0.25) is 0 Å². The van der Waals surface area contributed by atoms with Gasteiger partial charge in [0.15, 0.2) is 0 Å². The molecule has 0 bridgehead atoms. The third kappa shape index (κ3) is 5.51. The van der Waals surface area contributed by atoms with Crippen LogP contribution in [-0.4, -0.2) is 45.2 Å². The Bertz CT molecular complexity index is 1270. The second-order valence-corrected chi connectivity index (χ2v) is 7.63. The number of hydrogen-bond donors (Lipinski definition) is 2. The molecule has 3 heterocycles. The number of urea groups is 2. The van der Waals surface area contributed by atoms with Crippen LogP contribution in [0.15, 0.2) is 67.1 Å². The Hall–Kier alpha value is -4.68. The third-order valence-corrected chi connectivity index (χ3v) is 5.22. The number of amides is 5. The van der Waals surface area contributed by atoms with Crippen LogP contribution in [-0.2, 0) is 11.3 Å². The van der Waals surface area contributed by atoms with Crippen molar-refractivity contribution in [3.8, 4) is 5.75 Å². The van der Waals surface area contributed by atoms with E-state index in [1.54, 1.807) is 24.3 Å². The second-order valence-electron chi connectivity index (χ2n) is 7.63. The van der Waals surface area contributed by atoms with Gasteiger partial charge in [-0.15, -0.1) is 13.2 Å². The zero-order valence-electron chi connectivity index (χ0n) is 18.7. The van der Waals surface area contributed by atoms with Crippen molar-refractivity contribution in [2.75, 3.05) is 15.5 Å². The fraction of sp³-hybridized carbons (Fsp3) is 0.174. The molecular formula is C23H19F3N6O4. The summed E-state index contributed by atoms with van der Waals surface area (Å²) in [7, 11) is 0. The molecule has 36 heavy (non-hydrogen) atoms. The predicted octanol–water partition coefficient (Wildman–Crippen LogP) is 4.38. The number of imide groups is 1. The summed E-state index contributed by atoms with van der Waals surface area (Å²) in [5.74, 6) is -0.704. The van der Waals surface area contributed by atoms with Crippen LogP contribution < -0.4 is 20.3 Å². The number of hydrogen-bond acceptors (Lipinski definition) is 6. The number of carbonyl (C=O) groups excluding carboxylic acids is 3. The molecule has 1 aliphatic rings. The molecule has 1 atom stereocenters. The lowest BCUT2D eigenvalue weighted by molar-refractivity contribution is -0.274. The molecule has 1 aliphatic heterocycles. The Morgan fingerprint density at radius 3 is 2.47 bits per heavy atom. The van der Waals surface area contributed by atoms with Crippen molar-refractivity contribution >= 4 is 35.2 Å².